The fourth-order valence-electron chi connectivity index (χ4n) is 3.60. The van der Waals surface area contributed by atoms with Crippen LogP contribution in [0.3, 0.4) is 0 Å². The minimum absolute atomic E-state index is 0.00817. The Labute approximate surface area is 198 Å². The average molecular weight is 483 g/mol. The number of nitro groups is 1. The number of aromatic nitrogens is 4. The zero-order valence-corrected chi connectivity index (χ0v) is 19.1. The molecule has 4 rings (SSSR count). The van der Waals surface area contributed by atoms with Gasteiger partial charge in [-0.15, -0.1) is 0 Å². The first-order valence-corrected chi connectivity index (χ1v) is 10.6. The summed E-state index contributed by atoms with van der Waals surface area (Å²) in [6, 6.07) is 11.3. The zero-order chi connectivity index (χ0) is 24.4. The fourth-order valence-corrected chi connectivity index (χ4v) is 3.83. The van der Waals surface area contributed by atoms with Gasteiger partial charge in [-0.05, 0) is 43.7 Å². The number of hydrogen-bond donors (Lipinski definition) is 1. The third-order valence-electron chi connectivity index (χ3n) is 5.35. The van der Waals surface area contributed by atoms with Gasteiger partial charge < -0.3 is 5.32 Å². The first-order chi connectivity index (χ1) is 16.2. The summed E-state index contributed by atoms with van der Waals surface area (Å²) in [5.74, 6) is -0.763. The van der Waals surface area contributed by atoms with E-state index < -0.39 is 10.7 Å². The highest BCUT2D eigenvalue weighted by atomic mass is 35.5. The number of aryl methyl sites for hydroxylation is 1. The molecule has 174 valence electrons. The van der Waals surface area contributed by atoms with Crippen molar-refractivity contribution in [2.75, 3.05) is 5.32 Å². The summed E-state index contributed by atoms with van der Waals surface area (Å²) in [6.45, 7) is 3.72. The maximum Gasteiger partial charge on any atom is 0.312 e. The number of amides is 1. The molecule has 0 spiro atoms. The molecule has 0 saturated heterocycles. The Hall–Kier alpha value is -4.05. The standard InChI is InChI=1S/C23H20ClFN6O3/c1-14-22(31(33)34)15(2)30(28-14)11-16-6-8-17(9-7-16)23(32)27-18-10-26-29(12-18)13-19-20(24)4-3-5-21(19)25/h3-10,12H,11,13H2,1-2H3,(H,27,32). The van der Waals surface area contributed by atoms with E-state index in [1.807, 2.05) is 0 Å². The van der Waals surface area contributed by atoms with E-state index in [1.165, 1.54) is 23.0 Å². The number of nitrogens with one attached hydrogen (secondary N) is 1. The minimum atomic E-state index is -0.436. The van der Waals surface area contributed by atoms with Crippen LogP contribution in [0.4, 0.5) is 15.8 Å². The van der Waals surface area contributed by atoms with E-state index in [9.17, 15) is 19.3 Å². The van der Waals surface area contributed by atoms with E-state index >= 15 is 0 Å². The van der Waals surface area contributed by atoms with Crippen molar-refractivity contribution in [3.05, 3.63) is 104 Å². The maximum absolute atomic E-state index is 14.0. The summed E-state index contributed by atoms with van der Waals surface area (Å²) in [5.41, 5.74) is 2.87. The molecular weight excluding hydrogens is 463 g/mol. The van der Waals surface area contributed by atoms with E-state index in [4.69, 9.17) is 11.6 Å². The normalized spacial score (nSPS) is 10.9. The SMILES string of the molecule is Cc1nn(Cc2ccc(C(=O)Nc3cnn(Cc4c(F)cccc4Cl)c3)cc2)c(C)c1[N+](=O)[O-]. The second-order valence-electron chi connectivity index (χ2n) is 7.71. The van der Waals surface area contributed by atoms with Gasteiger partial charge in [0, 0.05) is 22.3 Å². The molecular formula is C23H20ClFN6O3. The fraction of sp³-hybridized carbons (Fsp3) is 0.174. The predicted molar refractivity (Wildman–Crippen MR) is 125 cm³/mol. The lowest BCUT2D eigenvalue weighted by Gasteiger charge is -2.07. The van der Waals surface area contributed by atoms with Gasteiger partial charge in [-0.1, -0.05) is 29.8 Å². The summed E-state index contributed by atoms with van der Waals surface area (Å²) in [6.07, 6.45) is 3.06. The highest BCUT2D eigenvalue weighted by Gasteiger charge is 2.21. The molecule has 1 amide bonds. The number of halogens is 2. The molecule has 0 aliphatic carbocycles. The third kappa shape index (κ3) is 4.81. The van der Waals surface area contributed by atoms with Crippen molar-refractivity contribution in [2.24, 2.45) is 0 Å². The van der Waals surface area contributed by atoms with Crippen LogP contribution in [-0.2, 0) is 13.1 Å². The van der Waals surface area contributed by atoms with Gasteiger partial charge in [0.2, 0.25) is 0 Å². The molecule has 2 heterocycles. The van der Waals surface area contributed by atoms with Gasteiger partial charge in [-0.2, -0.15) is 10.2 Å². The number of carbonyl (C=O) groups is 1. The average Bonchev–Trinajstić information content (AvgIpc) is 3.34. The van der Waals surface area contributed by atoms with Crippen LogP contribution in [0.1, 0.15) is 32.9 Å². The molecule has 1 N–H and O–H groups in total. The monoisotopic (exact) mass is 482 g/mol. The number of anilines is 1. The van der Waals surface area contributed by atoms with Gasteiger partial charge in [0.05, 0.1) is 29.9 Å². The Morgan fingerprint density at radius 1 is 1.18 bits per heavy atom. The van der Waals surface area contributed by atoms with Crippen LogP contribution < -0.4 is 5.32 Å². The number of hydrogen-bond acceptors (Lipinski definition) is 5. The molecule has 0 unspecified atom stereocenters. The van der Waals surface area contributed by atoms with E-state index in [2.05, 4.69) is 15.5 Å². The quantitative estimate of drug-likeness (QED) is 0.302. The summed E-state index contributed by atoms with van der Waals surface area (Å²) < 4.78 is 17.0. The van der Waals surface area contributed by atoms with Crippen LogP contribution in [0.15, 0.2) is 54.9 Å². The Bertz CT molecular complexity index is 1360. The Kier molecular flexibility index (Phi) is 6.42. The van der Waals surface area contributed by atoms with Crippen LogP contribution in [0, 0.1) is 29.8 Å². The number of benzene rings is 2. The van der Waals surface area contributed by atoms with Crippen LogP contribution in [-0.4, -0.2) is 30.4 Å². The van der Waals surface area contributed by atoms with Crippen molar-refractivity contribution >= 4 is 28.9 Å². The topological polar surface area (TPSA) is 108 Å². The second-order valence-corrected chi connectivity index (χ2v) is 8.12. The lowest BCUT2D eigenvalue weighted by molar-refractivity contribution is -0.386. The Morgan fingerprint density at radius 3 is 2.56 bits per heavy atom. The third-order valence-corrected chi connectivity index (χ3v) is 5.70. The summed E-state index contributed by atoms with van der Waals surface area (Å²) in [7, 11) is 0. The van der Waals surface area contributed by atoms with Gasteiger partial charge in [-0.25, -0.2) is 4.39 Å². The van der Waals surface area contributed by atoms with Crippen molar-refractivity contribution in [3.63, 3.8) is 0 Å². The Morgan fingerprint density at radius 2 is 1.91 bits per heavy atom. The molecule has 0 bridgehead atoms. The lowest BCUT2D eigenvalue weighted by Crippen LogP contribution is -2.12. The van der Waals surface area contributed by atoms with Crippen LogP contribution >= 0.6 is 11.6 Å². The molecule has 0 aliphatic rings. The predicted octanol–water partition coefficient (Wildman–Crippen LogP) is 4.75. The van der Waals surface area contributed by atoms with Gasteiger partial charge in [-0.3, -0.25) is 24.3 Å². The first-order valence-electron chi connectivity index (χ1n) is 10.3. The lowest BCUT2D eigenvalue weighted by atomic mass is 10.1. The molecule has 4 aromatic rings. The number of nitrogens with zero attached hydrogens (tertiary/aromatic N) is 5. The van der Waals surface area contributed by atoms with Crippen molar-refractivity contribution in [3.8, 4) is 0 Å². The van der Waals surface area contributed by atoms with E-state index in [-0.39, 0.29) is 18.1 Å². The highest BCUT2D eigenvalue weighted by Crippen LogP contribution is 2.23. The van der Waals surface area contributed by atoms with Crippen molar-refractivity contribution in [1.29, 1.82) is 0 Å². The van der Waals surface area contributed by atoms with Crippen molar-refractivity contribution < 1.29 is 14.1 Å². The molecule has 0 saturated carbocycles. The van der Waals surface area contributed by atoms with Gasteiger partial charge in [0.15, 0.2) is 0 Å². The smallest absolute Gasteiger partial charge is 0.312 e. The molecule has 2 aromatic carbocycles. The number of rotatable bonds is 7. The minimum Gasteiger partial charge on any atom is -0.319 e. The van der Waals surface area contributed by atoms with Gasteiger partial charge in [0.25, 0.3) is 5.91 Å². The van der Waals surface area contributed by atoms with E-state index in [0.717, 1.165) is 5.56 Å². The van der Waals surface area contributed by atoms with Crippen molar-refractivity contribution in [2.45, 2.75) is 26.9 Å². The Balaban J connectivity index is 1.41. The van der Waals surface area contributed by atoms with Gasteiger partial charge >= 0.3 is 5.69 Å². The second kappa shape index (κ2) is 9.44. The molecule has 34 heavy (non-hydrogen) atoms. The first kappa shape index (κ1) is 23.1. The molecule has 0 fully saturated rings. The molecule has 0 aliphatic heterocycles. The largest absolute Gasteiger partial charge is 0.319 e. The van der Waals surface area contributed by atoms with E-state index in [0.29, 0.717) is 39.8 Å². The summed E-state index contributed by atoms with van der Waals surface area (Å²) in [5, 5.41) is 22.6. The summed E-state index contributed by atoms with van der Waals surface area (Å²) >= 11 is 6.06. The maximum atomic E-state index is 14.0. The molecule has 0 radical (unpaired) electrons. The zero-order valence-electron chi connectivity index (χ0n) is 18.3. The molecule has 2 aromatic heterocycles. The van der Waals surface area contributed by atoms with Crippen molar-refractivity contribution in [1.82, 2.24) is 19.6 Å². The summed E-state index contributed by atoms with van der Waals surface area (Å²) in [4.78, 5) is 23.4. The van der Waals surface area contributed by atoms with Gasteiger partial charge in [0.1, 0.15) is 17.2 Å². The highest BCUT2D eigenvalue weighted by molar-refractivity contribution is 6.31. The number of carbonyl (C=O) groups excluding carboxylic acids is 1. The van der Waals surface area contributed by atoms with Crippen LogP contribution in [0.5, 0.6) is 0 Å². The molecule has 11 heteroatoms. The van der Waals surface area contributed by atoms with Crippen LogP contribution in [0.25, 0.3) is 0 Å². The molecule has 9 nitrogen and oxygen atoms in total. The van der Waals surface area contributed by atoms with Crippen LogP contribution in [0.2, 0.25) is 5.02 Å². The van der Waals surface area contributed by atoms with E-state index in [1.54, 1.807) is 55.1 Å². The molecule has 0 atom stereocenters.